The molecule has 0 spiro atoms. The van der Waals surface area contributed by atoms with Crippen LogP contribution in [-0.4, -0.2) is 55.1 Å². The number of ether oxygens (including phenoxy) is 1. The van der Waals surface area contributed by atoms with Gasteiger partial charge in [-0.2, -0.15) is 0 Å². The molecule has 184 valence electrons. The number of non-ortho nitro benzene ring substituents is 1. The monoisotopic (exact) mass is 520 g/mol. The lowest BCUT2D eigenvalue weighted by Crippen LogP contribution is -2.61. The fraction of sp³-hybridized carbons (Fsp3) is 0.333. The molecular weight excluding hydrogens is 500 g/mol. The number of amides is 2. The molecule has 3 heterocycles. The molecule has 1 saturated heterocycles. The molecule has 4 rings (SSSR count). The minimum atomic E-state index is -1.19. The number of carbonyl (C=O) groups is 3. The zero-order valence-electron chi connectivity index (χ0n) is 18.2. The van der Waals surface area contributed by atoms with E-state index in [1.165, 1.54) is 59.2 Å². The van der Waals surface area contributed by atoms with Crippen molar-refractivity contribution in [3.63, 3.8) is 0 Å². The number of thiazole rings is 1. The molecule has 0 bridgehead atoms. The van der Waals surface area contributed by atoms with Gasteiger partial charge >= 0.3 is 12.1 Å². The number of benzene rings is 1. The second-order valence-corrected chi connectivity index (χ2v) is 10.1. The maximum atomic E-state index is 12.3. The average Bonchev–Trinajstić information content (AvgIpc) is 3.38. The number of fused-ring (bicyclic) bond motifs is 1. The van der Waals surface area contributed by atoms with Crippen molar-refractivity contribution >= 4 is 51.9 Å². The van der Waals surface area contributed by atoms with E-state index in [4.69, 9.17) is 4.74 Å². The first-order valence-corrected chi connectivity index (χ1v) is 12.2. The Morgan fingerprint density at radius 1 is 1.40 bits per heavy atom. The lowest BCUT2D eigenvalue weighted by atomic mass is 9.83. The number of aliphatic carboxylic acids is 1. The maximum absolute atomic E-state index is 12.3. The highest BCUT2D eigenvalue weighted by Gasteiger charge is 2.56. The molecule has 35 heavy (non-hydrogen) atoms. The average molecular weight is 521 g/mol. The zero-order chi connectivity index (χ0) is 25.3. The molecule has 0 unspecified atom stereocenters. The Labute approximate surface area is 206 Å². The second-order valence-electron chi connectivity index (χ2n) is 7.87. The third-order valence-corrected chi connectivity index (χ3v) is 7.82. The molecule has 2 aliphatic heterocycles. The van der Waals surface area contributed by atoms with Crippen molar-refractivity contribution in [3.8, 4) is 0 Å². The summed E-state index contributed by atoms with van der Waals surface area (Å²) in [7, 11) is 0. The fourth-order valence-corrected chi connectivity index (χ4v) is 5.94. The number of thioether (sulfide) groups is 1. The first-order chi connectivity index (χ1) is 16.7. The number of carboxylic acid groups (broad SMARTS) is 1. The van der Waals surface area contributed by atoms with Gasteiger partial charge in [-0.15, -0.1) is 23.1 Å². The Morgan fingerprint density at radius 3 is 2.74 bits per heavy atom. The molecule has 1 aromatic heterocycles. The highest BCUT2D eigenvalue weighted by atomic mass is 32.2. The minimum Gasteiger partial charge on any atom is -0.477 e. The molecule has 1 fully saturated rings. The second kappa shape index (κ2) is 10.0. The lowest BCUT2D eigenvalue weighted by molar-refractivity contribution is -0.384. The van der Waals surface area contributed by atoms with E-state index in [-0.39, 0.29) is 29.9 Å². The Balaban J connectivity index is 1.30. The first kappa shape index (κ1) is 24.6. The van der Waals surface area contributed by atoms with E-state index in [2.05, 4.69) is 10.3 Å². The molecule has 2 aromatic rings. The van der Waals surface area contributed by atoms with Crippen LogP contribution in [0.3, 0.4) is 0 Å². The van der Waals surface area contributed by atoms with E-state index >= 15 is 0 Å². The highest BCUT2D eigenvalue weighted by Crippen LogP contribution is 2.47. The van der Waals surface area contributed by atoms with Crippen LogP contribution in [-0.2, 0) is 26.7 Å². The number of hydrogen-bond acceptors (Lipinski definition) is 10. The van der Waals surface area contributed by atoms with Gasteiger partial charge in [-0.25, -0.2) is 14.6 Å². The SMILES string of the molecule is C[C@H](O)[C@@H]1C(=O)N2C(C(=O)O)=C(SCc3cnc(NC(=O)OCc4ccc([N+](=O)[O-])cc4)s3)C[C@H]12. The van der Waals surface area contributed by atoms with E-state index < -0.39 is 29.0 Å². The molecule has 0 aliphatic carbocycles. The Kier molecular flexibility index (Phi) is 7.05. The van der Waals surface area contributed by atoms with Crippen molar-refractivity contribution in [2.75, 3.05) is 5.32 Å². The van der Waals surface area contributed by atoms with E-state index in [0.29, 0.717) is 27.8 Å². The molecule has 0 saturated carbocycles. The van der Waals surface area contributed by atoms with Crippen LogP contribution in [0.25, 0.3) is 0 Å². The Bertz CT molecular complexity index is 1210. The zero-order valence-corrected chi connectivity index (χ0v) is 19.9. The van der Waals surface area contributed by atoms with Crippen molar-refractivity contribution in [1.29, 1.82) is 0 Å². The highest BCUT2D eigenvalue weighted by molar-refractivity contribution is 8.02. The summed E-state index contributed by atoms with van der Waals surface area (Å²) in [5, 5.41) is 32.9. The van der Waals surface area contributed by atoms with E-state index in [0.717, 1.165) is 4.88 Å². The van der Waals surface area contributed by atoms with Gasteiger partial charge in [0.15, 0.2) is 5.13 Å². The van der Waals surface area contributed by atoms with Crippen LogP contribution < -0.4 is 5.32 Å². The summed E-state index contributed by atoms with van der Waals surface area (Å²) in [5.74, 6) is -1.78. The summed E-state index contributed by atoms with van der Waals surface area (Å²) >= 11 is 2.48. The largest absolute Gasteiger partial charge is 0.477 e. The van der Waals surface area contributed by atoms with Gasteiger partial charge in [0, 0.05) is 40.3 Å². The van der Waals surface area contributed by atoms with E-state index in [1.54, 1.807) is 6.20 Å². The molecule has 2 aliphatic rings. The number of carboxylic acids is 1. The van der Waals surface area contributed by atoms with Crippen LogP contribution in [0, 0.1) is 16.0 Å². The number of nitro benzene ring substituents is 1. The van der Waals surface area contributed by atoms with Crippen LogP contribution in [0.5, 0.6) is 0 Å². The van der Waals surface area contributed by atoms with Gasteiger partial charge in [0.2, 0.25) is 5.91 Å². The predicted molar refractivity (Wildman–Crippen MR) is 125 cm³/mol. The van der Waals surface area contributed by atoms with Crippen molar-refractivity contribution in [3.05, 3.63) is 61.6 Å². The van der Waals surface area contributed by atoms with Crippen LogP contribution in [0.15, 0.2) is 41.1 Å². The standard InChI is InChI=1S/C21H20N4O8S2/c1-10(26)16-14-6-15(17(19(28)29)24(14)18(16)27)34-9-13-7-22-20(35-13)23-21(30)33-8-11-2-4-12(5-3-11)25(31)32/h2-5,7,10,14,16,26H,6,8-9H2,1H3,(H,28,29)(H,22,23,30)/t10-,14+,16-/m0/s1. The number of rotatable bonds is 9. The number of carbonyl (C=O) groups excluding carboxylic acids is 2. The quantitative estimate of drug-likeness (QED) is 0.253. The van der Waals surface area contributed by atoms with Gasteiger partial charge in [0.25, 0.3) is 5.69 Å². The number of aromatic nitrogens is 1. The molecule has 3 N–H and O–H groups in total. The molecule has 2 amide bonds. The van der Waals surface area contributed by atoms with Crippen molar-refractivity contribution < 1.29 is 34.3 Å². The van der Waals surface area contributed by atoms with Crippen LogP contribution in [0.1, 0.15) is 23.8 Å². The smallest absolute Gasteiger partial charge is 0.413 e. The summed E-state index contributed by atoms with van der Waals surface area (Å²) in [4.78, 5) is 52.9. The molecule has 14 heteroatoms. The number of aliphatic hydroxyl groups is 1. The summed E-state index contributed by atoms with van der Waals surface area (Å²) in [5.41, 5.74) is 0.482. The molecule has 3 atom stereocenters. The van der Waals surface area contributed by atoms with E-state index in [1.807, 2.05) is 0 Å². The van der Waals surface area contributed by atoms with Gasteiger partial charge in [-0.3, -0.25) is 20.2 Å². The van der Waals surface area contributed by atoms with Gasteiger partial charge < -0.3 is 19.8 Å². The molecular formula is C21H20N4O8S2. The van der Waals surface area contributed by atoms with Gasteiger partial charge in [-0.1, -0.05) is 0 Å². The number of nitrogens with one attached hydrogen (secondary N) is 1. The molecule has 0 radical (unpaired) electrons. The summed E-state index contributed by atoms with van der Waals surface area (Å²) < 4.78 is 5.10. The third-order valence-electron chi connectivity index (χ3n) is 5.56. The normalized spacial score (nSPS) is 19.7. The van der Waals surface area contributed by atoms with Gasteiger partial charge in [0.05, 0.1) is 23.0 Å². The topological polar surface area (TPSA) is 172 Å². The number of hydrogen-bond donors (Lipinski definition) is 3. The number of nitrogens with zero attached hydrogens (tertiary/aromatic N) is 3. The number of nitro groups is 1. The number of β-lactam (4-membered cyclic amide) rings is 1. The number of anilines is 1. The summed E-state index contributed by atoms with van der Waals surface area (Å²) in [6.07, 6.45) is 0.332. The summed E-state index contributed by atoms with van der Waals surface area (Å²) in [6.45, 7) is 1.45. The van der Waals surface area contributed by atoms with Crippen LogP contribution in [0.2, 0.25) is 0 Å². The van der Waals surface area contributed by atoms with Crippen molar-refractivity contribution in [2.45, 2.75) is 37.9 Å². The Morgan fingerprint density at radius 2 is 2.11 bits per heavy atom. The van der Waals surface area contributed by atoms with Crippen LogP contribution in [0.4, 0.5) is 15.6 Å². The maximum Gasteiger partial charge on any atom is 0.413 e. The first-order valence-electron chi connectivity index (χ1n) is 10.4. The summed E-state index contributed by atoms with van der Waals surface area (Å²) in [6, 6.07) is 5.28. The lowest BCUT2D eigenvalue weighted by Gasteiger charge is -2.44. The molecule has 1 aromatic carbocycles. The van der Waals surface area contributed by atoms with E-state index in [9.17, 15) is 34.7 Å². The van der Waals surface area contributed by atoms with Gasteiger partial charge in [0.1, 0.15) is 12.3 Å². The predicted octanol–water partition coefficient (Wildman–Crippen LogP) is 2.94. The van der Waals surface area contributed by atoms with Crippen LogP contribution >= 0.6 is 23.1 Å². The number of aliphatic hydroxyl groups excluding tert-OH is 1. The third kappa shape index (κ3) is 5.13. The fourth-order valence-electron chi connectivity index (χ4n) is 3.94. The molecule has 12 nitrogen and oxygen atoms in total. The van der Waals surface area contributed by atoms with Crippen molar-refractivity contribution in [2.24, 2.45) is 5.92 Å². The minimum absolute atomic E-state index is 0.0421. The van der Waals surface area contributed by atoms with Gasteiger partial charge in [-0.05, 0) is 24.6 Å². The van der Waals surface area contributed by atoms with Crippen molar-refractivity contribution in [1.82, 2.24) is 9.88 Å². The Hall–Kier alpha value is -3.49.